The van der Waals surface area contributed by atoms with E-state index in [0.717, 1.165) is 35.3 Å². The Labute approximate surface area is 261 Å². The van der Waals surface area contributed by atoms with Crippen LogP contribution in [0.15, 0.2) is 83.8 Å². The minimum Gasteiger partial charge on any atom is -0.497 e. The number of nitrogens with zero attached hydrogens (tertiary/aromatic N) is 1. The summed E-state index contributed by atoms with van der Waals surface area (Å²) in [6.45, 7) is 6.81. The molecule has 1 aliphatic rings. The second-order valence-corrected chi connectivity index (χ2v) is 14.0. The Morgan fingerprint density at radius 3 is 2.44 bits per heavy atom. The van der Waals surface area contributed by atoms with Gasteiger partial charge in [0.1, 0.15) is 22.1 Å². The minimum absolute atomic E-state index is 0.189. The SMILES string of the molecule is COc1ccc(C(=O)Nc2cccc(SC(C(=O)Nc3sc4c(c3C#N)CCC(C(C)(C)C)C4)c3ccccc3)c2)cc1. The molecule has 1 heterocycles. The molecule has 2 N–H and O–H groups in total. The van der Waals surface area contributed by atoms with Gasteiger partial charge in [-0.05, 0) is 84.2 Å². The molecule has 220 valence electrons. The van der Waals surface area contributed by atoms with E-state index in [-0.39, 0.29) is 17.2 Å². The number of hydrogen-bond donors (Lipinski definition) is 2. The lowest BCUT2D eigenvalue weighted by molar-refractivity contribution is -0.115. The normalized spacial score (nSPS) is 15.1. The number of methoxy groups -OCH3 is 1. The molecule has 3 aromatic carbocycles. The summed E-state index contributed by atoms with van der Waals surface area (Å²) in [5.41, 5.74) is 3.87. The van der Waals surface area contributed by atoms with E-state index in [2.05, 4.69) is 37.5 Å². The molecule has 0 bridgehead atoms. The predicted octanol–water partition coefficient (Wildman–Crippen LogP) is 8.50. The van der Waals surface area contributed by atoms with Crippen LogP contribution in [0.4, 0.5) is 10.7 Å². The molecule has 2 unspecified atom stereocenters. The second-order valence-electron chi connectivity index (χ2n) is 11.7. The van der Waals surface area contributed by atoms with Gasteiger partial charge in [-0.15, -0.1) is 23.1 Å². The number of thioether (sulfide) groups is 1. The van der Waals surface area contributed by atoms with E-state index >= 15 is 0 Å². The molecule has 0 spiro atoms. The van der Waals surface area contributed by atoms with E-state index in [1.54, 1.807) is 42.7 Å². The van der Waals surface area contributed by atoms with Gasteiger partial charge >= 0.3 is 0 Å². The maximum atomic E-state index is 13.9. The van der Waals surface area contributed by atoms with Crippen LogP contribution < -0.4 is 15.4 Å². The van der Waals surface area contributed by atoms with E-state index in [0.29, 0.717) is 33.5 Å². The zero-order chi connectivity index (χ0) is 30.6. The molecule has 0 radical (unpaired) electrons. The van der Waals surface area contributed by atoms with Gasteiger partial charge in [0.25, 0.3) is 5.91 Å². The number of nitrogens with one attached hydrogen (secondary N) is 2. The van der Waals surface area contributed by atoms with Gasteiger partial charge in [-0.1, -0.05) is 57.2 Å². The number of fused-ring (bicyclic) bond motifs is 1. The summed E-state index contributed by atoms with van der Waals surface area (Å²) in [4.78, 5) is 28.8. The Bertz CT molecular complexity index is 1650. The number of carbonyl (C=O) groups excluding carboxylic acids is 2. The Balaban J connectivity index is 1.36. The molecule has 4 aromatic rings. The lowest BCUT2D eigenvalue weighted by Crippen LogP contribution is -2.26. The first-order valence-electron chi connectivity index (χ1n) is 14.3. The Kier molecular flexibility index (Phi) is 9.24. The summed E-state index contributed by atoms with van der Waals surface area (Å²) in [5, 5.41) is 16.2. The summed E-state index contributed by atoms with van der Waals surface area (Å²) < 4.78 is 5.18. The number of nitriles is 1. The predicted molar refractivity (Wildman–Crippen MR) is 175 cm³/mol. The first kappa shape index (κ1) is 30.4. The van der Waals surface area contributed by atoms with Crippen molar-refractivity contribution in [1.82, 2.24) is 0 Å². The number of hydrogen-bond acceptors (Lipinski definition) is 6. The smallest absolute Gasteiger partial charge is 0.255 e. The maximum absolute atomic E-state index is 13.9. The molecule has 0 saturated heterocycles. The van der Waals surface area contributed by atoms with Crippen molar-refractivity contribution in [2.24, 2.45) is 11.3 Å². The number of amides is 2. The van der Waals surface area contributed by atoms with Gasteiger partial charge in [0.2, 0.25) is 5.91 Å². The van der Waals surface area contributed by atoms with E-state index in [4.69, 9.17) is 4.74 Å². The molecular formula is C35H35N3O3S2. The van der Waals surface area contributed by atoms with Crippen LogP contribution in [0.1, 0.15) is 64.4 Å². The maximum Gasteiger partial charge on any atom is 0.255 e. The van der Waals surface area contributed by atoms with Gasteiger partial charge in [-0.3, -0.25) is 9.59 Å². The molecule has 0 saturated carbocycles. The average molecular weight is 610 g/mol. The topological polar surface area (TPSA) is 91.2 Å². The molecule has 1 aromatic heterocycles. The molecule has 0 aliphatic heterocycles. The molecule has 2 amide bonds. The van der Waals surface area contributed by atoms with Crippen molar-refractivity contribution in [3.63, 3.8) is 0 Å². The molecule has 8 heteroatoms. The van der Waals surface area contributed by atoms with Gasteiger partial charge < -0.3 is 15.4 Å². The lowest BCUT2D eigenvalue weighted by atomic mass is 9.72. The fourth-order valence-corrected chi connectivity index (χ4v) is 7.70. The molecular weight excluding hydrogens is 575 g/mol. The van der Waals surface area contributed by atoms with Gasteiger partial charge in [0, 0.05) is 21.0 Å². The largest absolute Gasteiger partial charge is 0.497 e. The molecule has 2 atom stereocenters. The van der Waals surface area contributed by atoms with E-state index in [1.807, 2.05) is 54.6 Å². The van der Waals surface area contributed by atoms with Crippen molar-refractivity contribution in [3.8, 4) is 11.8 Å². The van der Waals surface area contributed by atoms with Gasteiger partial charge in [0.05, 0.1) is 12.7 Å². The van der Waals surface area contributed by atoms with Crippen LogP contribution in [0, 0.1) is 22.7 Å². The highest BCUT2D eigenvalue weighted by Crippen LogP contribution is 2.45. The second kappa shape index (κ2) is 13.1. The van der Waals surface area contributed by atoms with Crippen molar-refractivity contribution < 1.29 is 14.3 Å². The average Bonchev–Trinajstić information content (AvgIpc) is 3.36. The minimum atomic E-state index is -0.568. The van der Waals surface area contributed by atoms with Crippen LogP contribution in [-0.4, -0.2) is 18.9 Å². The molecule has 0 fully saturated rings. The highest BCUT2D eigenvalue weighted by molar-refractivity contribution is 8.00. The zero-order valence-electron chi connectivity index (χ0n) is 24.8. The molecule has 43 heavy (non-hydrogen) atoms. The van der Waals surface area contributed by atoms with Crippen molar-refractivity contribution in [3.05, 3.63) is 106 Å². The summed E-state index contributed by atoms with van der Waals surface area (Å²) in [5.74, 6) is 0.797. The number of carbonyl (C=O) groups is 2. The third-order valence-electron chi connectivity index (χ3n) is 7.88. The van der Waals surface area contributed by atoms with E-state index < -0.39 is 5.25 Å². The van der Waals surface area contributed by atoms with Gasteiger partial charge in [0.15, 0.2) is 0 Å². The van der Waals surface area contributed by atoms with Crippen molar-refractivity contribution >= 4 is 45.6 Å². The summed E-state index contributed by atoms with van der Waals surface area (Å²) in [6, 6.07) is 26.4. The van der Waals surface area contributed by atoms with E-state index in [1.165, 1.54) is 16.6 Å². The van der Waals surface area contributed by atoms with E-state index in [9.17, 15) is 14.9 Å². The van der Waals surface area contributed by atoms with Crippen molar-refractivity contribution in [2.45, 2.75) is 50.2 Å². The van der Waals surface area contributed by atoms with Crippen LogP contribution in [0.25, 0.3) is 0 Å². The fraction of sp³-hybridized carbons (Fsp3) is 0.286. The Morgan fingerprint density at radius 1 is 1.02 bits per heavy atom. The van der Waals surface area contributed by atoms with Crippen LogP contribution in [-0.2, 0) is 17.6 Å². The number of thiophene rings is 1. The fourth-order valence-electron chi connectivity index (χ4n) is 5.34. The van der Waals surface area contributed by atoms with Crippen LogP contribution in [0.2, 0.25) is 0 Å². The van der Waals surface area contributed by atoms with Gasteiger partial charge in [-0.25, -0.2) is 0 Å². The number of anilines is 2. The first-order valence-corrected chi connectivity index (χ1v) is 16.0. The van der Waals surface area contributed by atoms with Crippen LogP contribution in [0.5, 0.6) is 5.75 Å². The number of benzene rings is 3. The Hall–Kier alpha value is -4.06. The first-order chi connectivity index (χ1) is 20.7. The lowest BCUT2D eigenvalue weighted by Gasteiger charge is -2.33. The van der Waals surface area contributed by atoms with Gasteiger partial charge in [-0.2, -0.15) is 5.26 Å². The number of ether oxygens (including phenoxy) is 1. The molecule has 5 rings (SSSR count). The third-order valence-corrected chi connectivity index (χ3v) is 10.3. The standard InChI is InChI=1S/C35H35N3O3S2/c1-35(2,3)24-15-18-28-29(21-36)34(43-30(28)19-24)38-33(40)31(22-9-6-5-7-10-22)42-27-12-8-11-25(20-27)37-32(39)23-13-16-26(41-4)17-14-23/h5-14,16-17,20,24,31H,15,18-19H2,1-4H3,(H,37,39)(H,38,40). The van der Waals surface area contributed by atoms with Crippen LogP contribution in [0.3, 0.4) is 0 Å². The Morgan fingerprint density at radius 2 is 1.77 bits per heavy atom. The molecule has 1 aliphatic carbocycles. The monoisotopic (exact) mass is 609 g/mol. The third kappa shape index (κ3) is 7.12. The summed E-state index contributed by atoms with van der Waals surface area (Å²) in [6.07, 6.45) is 2.83. The summed E-state index contributed by atoms with van der Waals surface area (Å²) >= 11 is 2.95. The van der Waals surface area contributed by atoms with Crippen molar-refractivity contribution in [2.75, 3.05) is 17.7 Å². The highest BCUT2D eigenvalue weighted by atomic mass is 32.2. The quantitative estimate of drug-likeness (QED) is 0.196. The zero-order valence-corrected chi connectivity index (χ0v) is 26.4. The number of rotatable bonds is 8. The van der Waals surface area contributed by atoms with Crippen molar-refractivity contribution in [1.29, 1.82) is 5.26 Å². The molecule has 6 nitrogen and oxygen atoms in total. The summed E-state index contributed by atoms with van der Waals surface area (Å²) in [7, 11) is 1.58. The van der Waals surface area contributed by atoms with Crippen LogP contribution >= 0.6 is 23.1 Å². The highest BCUT2D eigenvalue weighted by Gasteiger charge is 2.33.